The maximum Gasteiger partial charge on any atom is 0.163 e. The van der Waals surface area contributed by atoms with Crippen LogP contribution in [0, 0.1) is 23.7 Å². The van der Waals surface area contributed by atoms with Gasteiger partial charge < -0.3 is 4.74 Å². The number of nitriles is 1. The largest absolute Gasteiger partial charge is 0.473 e. The molecule has 88 valence electrons. The standard InChI is InChI=1S/C15H12N2O/c1-4-15(2,3)18-14-11(9-16)10-17-13-8-6-5-7-12(13)14/h1,5-8,10H,2-3H3. The van der Waals surface area contributed by atoms with Crippen LogP contribution >= 0.6 is 0 Å². The first-order chi connectivity index (χ1) is 8.57. The van der Waals surface area contributed by atoms with Crippen LogP contribution < -0.4 is 4.74 Å². The molecule has 0 radical (unpaired) electrons. The van der Waals surface area contributed by atoms with Crippen molar-refractivity contribution in [1.82, 2.24) is 4.98 Å². The van der Waals surface area contributed by atoms with E-state index in [4.69, 9.17) is 16.4 Å². The van der Waals surface area contributed by atoms with Crippen LogP contribution in [0.2, 0.25) is 0 Å². The van der Waals surface area contributed by atoms with E-state index in [1.807, 2.05) is 24.3 Å². The van der Waals surface area contributed by atoms with Gasteiger partial charge in [0.2, 0.25) is 0 Å². The molecule has 2 rings (SSSR count). The van der Waals surface area contributed by atoms with Crippen molar-refractivity contribution in [3.63, 3.8) is 0 Å². The zero-order valence-corrected chi connectivity index (χ0v) is 10.3. The van der Waals surface area contributed by atoms with E-state index in [1.54, 1.807) is 13.8 Å². The van der Waals surface area contributed by atoms with E-state index in [0.29, 0.717) is 11.3 Å². The fourth-order valence-corrected chi connectivity index (χ4v) is 1.59. The number of aromatic nitrogens is 1. The summed E-state index contributed by atoms with van der Waals surface area (Å²) >= 11 is 0. The van der Waals surface area contributed by atoms with Gasteiger partial charge in [0, 0.05) is 11.6 Å². The molecule has 0 aliphatic carbocycles. The highest BCUT2D eigenvalue weighted by Crippen LogP contribution is 2.30. The lowest BCUT2D eigenvalue weighted by Crippen LogP contribution is -2.26. The van der Waals surface area contributed by atoms with Gasteiger partial charge in [0.15, 0.2) is 5.60 Å². The number of ether oxygens (including phenoxy) is 1. The Morgan fingerprint density at radius 3 is 2.72 bits per heavy atom. The molecular weight excluding hydrogens is 224 g/mol. The Balaban J connectivity index is 2.67. The first-order valence-corrected chi connectivity index (χ1v) is 5.52. The fourth-order valence-electron chi connectivity index (χ4n) is 1.59. The van der Waals surface area contributed by atoms with Gasteiger partial charge in [-0.15, -0.1) is 6.42 Å². The highest BCUT2D eigenvalue weighted by molar-refractivity contribution is 5.87. The molecule has 0 amide bonds. The fraction of sp³-hybridized carbons (Fsp3) is 0.200. The van der Waals surface area contributed by atoms with Crippen molar-refractivity contribution in [2.75, 3.05) is 0 Å². The third-order valence-corrected chi connectivity index (χ3v) is 2.55. The summed E-state index contributed by atoms with van der Waals surface area (Å²) in [7, 11) is 0. The van der Waals surface area contributed by atoms with Crippen molar-refractivity contribution in [2.24, 2.45) is 0 Å². The molecule has 0 N–H and O–H groups in total. The minimum atomic E-state index is -0.768. The van der Waals surface area contributed by atoms with E-state index in [0.717, 1.165) is 10.9 Å². The minimum absolute atomic E-state index is 0.386. The number of fused-ring (bicyclic) bond motifs is 1. The van der Waals surface area contributed by atoms with Crippen LogP contribution in [0.3, 0.4) is 0 Å². The average Bonchev–Trinajstić information content (AvgIpc) is 2.39. The molecule has 0 aliphatic rings. The zero-order chi connectivity index (χ0) is 13.2. The summed E-state index contributed by atoms with van der Waals surface area (Å²) in [5.41, 5.74) is 0.395. The highest BCUT2D eigenvalue weighted by Gasteiger charge is 2.20. The van der Waals surface area contributed by atoms with Crippen LogP contribution in [0.1, 0.15) is 19.4 Å². The Bertz CT molecular complexity index is 675. The summed E-state index contributed by atoms with van der Waals surface area (Å²) in [5.74, 6) is 3.05. The van der Waals surface area contributed by atoms with Gasteiger partial charge in [-0.1, -0.05) is 18.1 Å². The molecule has 0 saturated heterocycles. The highest BCUT2D eigenvalue weighted by atomic mass is 16.5. The summed E-state index contributed by atoms with van der Waals surface area (Å²) in [6.07, 6.45) is 6.92. The molecule has 0 bridgehead atoms. The Morgan fingerprint density at radius 1 is 1.33 bits per heavy atom. The zero-order valence-electron chi connectivity index (χ0n) is 10.3. The predicted octanol–water partition coefficient (Wildman–Crippen LogP) is 2.90. The molecule has 3 heteroatoms. The van der Waals surface area contributed by atoms with Crippen molar-refractivity contribution in [3.05, 3.63) is 36.0 Å². The topological polar surface area (TPSA) is 45.9 Å². The Kier molecular flexibility index (Phi) is 2.92. The van der Waals surface area contributed by atoms with Gasteiger partial charge in [-0.3, -0.25) is 4.98 Å². The molecule has 0 aliphatic heterocycles. The average molecular weight is 236 g/mol. The van der Waals surface area contributed by atoms with Crippen molar-refractivity contribution in [3.8, 4) is 24.2 Å². The van der Waals surface area contributed by atoms with Crippen LogP contribution in [0.5, 0.6) is 5.75 Å². The van der Waals surface area contributed by atoms with Gasteiger partial charge >= 0.3 is 0 Å². The number of para-hydroxylation sites is 1. The summed E-state index contributed by atoms with van der Waals surface area (Å²) in [6.45, 7) is 3.56. The molecule has 0 fully saturated rings. The molecule has 1 aromatic carbocycles. The minimum Gasteiger partial charge on any atom is -0.473 e. The van der Waals surface area contributed by atoms with E-state index in [1.165, 1.54) is 6.20 Å². The number of benzene rings is 1. The van der Waals surface area contributed by atoms with E-state index < -0.39 is 5.60 Å². The Morgan fingerprint density at radius 2 is 2.06 bits per heavy atom. The quantitative estimate of drug-likeness (QED) is 0.753. The van der Waals surface area contributed by atoms with Crippen molar-refractivity contribution in [2.45, 2.75) is 19.4 Å². The summed E-state index contributed by atoms with van der Waals surface area (Å²) in [6, 6.07) is 9.57. The third kappa shape index (κ3) is 2.12. The Labute approximate surface area is 106 Å². The number of hydrogen-bond acceptors (Lipinski definition) is 3. The number of nitrogens with zero attached hydrogens (tertiary/aromatic N) is 2. The first kappa shape index (κ1) is 12.0. The van der Waals surface area contributed by atoms with E-state index >= 15 is 0 Å². The first-order valence-electron chi connectivity index (χ1n) is 5.52. The van der Waals surface area contributed by atoms with Crippen molar-refractivity contribution < 1.29 is 4.74 Å². The van der Waals surface area contributed by atoms with Crippen LogP contribution in [-0.4, -0.2) is 10.6 Å². The van der Waals surface area contributed by atoms with Gasteiger partial charge in [-0.25, -0.2) is 0 Å². The molecule has 0 unspecified atom stereocenters. The third-order valence-electron chi connectivity index (χ3n) is 2.55. The summed E-state index contributed by atoms with van der Waals surface area (Å²) < 4.78 is 5.79. The van der Waals surface area contributed by atoms with Gasteiger partial charge in [-0.05, 0) is 26.0 Å². The lowest BCUT2D eigenvalue weighted by Gasteiger charge is -2.21. The smallest absolute Gasteiger partial charge is 0.163 e. The van der Waals surface area contributed by atoms with Gasteiger partial charge in [0.05, 0.1) is 5.52 Å². The van der Waals surface area contributed by atoms with Crippen LogP contribution in [0.15, 0.2) is 30.5 Å². The number of pyridine rings is 1. The predicted molar refractivity (Wildman–Crippen MR) is 70.0 cm³/mol. The molecule has 1 aromatic heterocycles. The molecular formula is C15H12N2O. The number of hydrogen-bond donors (Lipinski definition) is 0. The second kappa shape index (κ2) is 4.39. The molecule has 0 spiro atoms. The Hall–Kier alpha value is -2.52. The second-order valence-corrected chi connectivity index (χ2v) is 4.39. The number of rotatable bonds is 2. The monoisotopic (exact) mass is 236 g/mol. The van der Waals surface area contributed by atoms with E-state index in [9.17, 15) is 0 Å². The molecule has 3 nitrogen and oxygen atoms in total. The summed E-state index contributed by atoms with van der Waals surface area (Å²) in [5, 5.41) is 9.92. The van der Waals surface area contributed by atoms with Gasteiger partial charge in [0.1, 0.15) is 17.4 Å². The van der Waals surface area contributed by atoms with Gasteiger partial charge in [-0.2, -0.15) is 5.26 Å². The second-order valence-electron chi connectivity index (χ2n) is 4.39. The van der Waals surface area contributed by atoms with E-state index in [-0.39, 0.29) is 0 Å². The maximum absolute atomic E-state index is 9.13. The normalized spacial score (nSPS) is 10.7. The summed E-state index contributed by atoms with van der Waals surface area (Å²) in [4.78, 5) is 4.21. The lowest BCUT2D eigenvalue weighted by atomic mass is 10.1. The van der Waals surface area contributed by atoms with E-state index in [2.05, 4.69) is 17.0 Å². The van der Waals surface area contributed by atoms with Crippen molar-refractivity contribution in [1.29, 1.82) is 5.26 Å². The van der Waals surface area contributed by atoms with Crippen LogP contribution in [-0.2, 0) is 0 Å². The molecule has 2 aromatic rings. The van der Waals surface area contributed by atoms with Gasteiger partial charge in [0.25, 0.3) is 0 Å². The molecule has 0 atom stereocenters. The SMILES string of the molecule is C#CC(C)(C)Oc1c(C#N)cnc2ccccc12. The molecule has 1 heterocycles. The molecule has 18 heavy (non-hydrogen) atoms. The molecule has 0 saturated carbocycles. The van der Waals surface area contributed by atoms with Crippen LogP contribution in [0.4, 0.5) is 0 Å². The number of terminal acetylenes is 1. The van der Waals surface area contributed by atoms with Crippen molar-refractivity contribution >= 4 is 10.9 Å². The lowest BCUT2D eigenvalue weighted by molar-refractivity contribution is 0.174. The maximum atomic E-state index is 9.13. The van der Waals surface area contributed by atoms with Crippen LogP contribution in [0.25, 0.3) is 10.9 Å².